The first-order valence-electron chi connectivity index (χ1n) is 8.22. The molecule has 3 N–H and O–H groups in total. The van der Waals surface area contributed by atoms with Gasteiger partial charge in [-0.15, -0.1) is 0 Å². The number of para-hydroxylation sites is 1. The molecule has 1 aliphatic heterocycles. The predicted molar refractivity (Wildman–Crippen MR) is 94.9 cm³/mol. The van der Waals surface area contributed by atoms with E-state index in [2.05, 4.69) is 10.3 Å². The van der Waals surface area contributed by atoms with Crippen molar-refractivity contribution in [1.82, 2.24) is 5.32 Å². The summed E-state index contributed by atoms with van der Waals surface area (Å²) in [6.45, 7) is 1.25. The quantitative estimate of drug-likeness (QED) is 0.647. The Labute approximate surface area is 146 Å². The van der Waals surface area contributed by atoms with E-state index < -0.39 is 0 Å². The molecule has 0 aliphatic carbocycles. The summed E-state index contributed by atoms with van der Waals surface area (Å²) in [4.78, 5) is 4.37. The van der Waals surface area contributed by atoms with Crippen molar-refractivity contribution in [2.45, 2.75) is 25.6 Å². The highest BCUT2D eigenvalue weighted by Crippen LogP contribution is 2.31. The number of ether oxygens (including phenoxy) is 2. The van der Waals surface area contributed by atoms with Crippen LogP contribution >= 0.6 is 0 Å². The molecular weight excluding hydrogens is 321 g/mol. The first kappa shape index (κ1) is 17.2. The maximum atomic E-state index is 13.6. The lowest BCUT2D eigenvalue weighted by atomic mass is 10.0. The Balaban J connectivity index is 1.66. The number of fused-ring (bicyclic) bond motifs is 1. The molecule has 3 rings (SSSR count). The maximum Gasteiger partial charge on any atom is 0.189 e. The number of hydrogen-bond donors (Lipinski definition) is 2. The minimum absolute atomic E-state index is 0.0750. The van der Waals surface area contributed by atoms with Gasteiger partial charge in [-0.05, 0) is 23.8 Å². The number of nitrogens with zero attached hydrogens (tertiary/aromatic N) is 1. The van der Waals surface area contributed by atoms with E-state index in [4.69, 9.17) is 15.2 Å². The van der Waals surface area contributed by atoms with Gasteiger partial charge in [0.2, 0.25) is 0 Å². The smallest absolute Gasteiger partial charge is 0.189 e. The van der Waals surface area contributed by atoms with Gasteiger partial charge < -0.3 is 20.5 Å². The number of aliphatic imine (C=N–C) groups is 1. The summed E-state index contributed by atoms with van der Waals surface area (Å²) >= 11 is 0. The monoisotopic (exact) mass is 343 g/mol. The van der Waals surface area contributed by atoms with E-state index in [1.54, 1.807) is 12.1 Å². The zero-order valence-corrected chi connectivity index (χ0v) is 14.2. The molecule has 6 heteroatoms. The first-order valence-corrected chi connectivity index (χ1v) is 8.22. The van der Waals surface area contributed by atoms with Crippen LogP contribution < -0.4 is 15.8 Å². The highest BCUT2D eigenvalue weighted by atomic mass is 19.1. The summed E-state index contributed by atoms with van der Waals surface area (Å²) in [5.41, 5.74) is 8.51. The number of guanidine groups is 1. The third kappa shape index (κ3) is 4.28. The molecular formula is C19H22FN3O2. The van der Waals surface area contributed by atoms with Crippen molar-refractivity contribution >= 4 is 5.96 Å². The summed E-state index contributed by atoms with van der Waals surface area (Å²) in [6, 6.07) is 12.9. The SMILES string of the molecule is COCc1cc(CN=C(N)NC2CCOc3ccccc32)ccc1F. The lowest BCUT2D eigenvalue weighted by Crippen LogP contribution is -2.37. The van der Waals surface area contributed by atoms with Crippen molar-refractivity contribution in [3.63, 3.8) is 0 Å². The van der Waals surface area contributed by atoms with Crippen molar-refractivity contribution in [2.24, 2.45) is 10.7 Å². The average Bonchev–Trinajstić information content (AvgIpc) is 2.63. The molecule has 0 radical (unpaired) electrons. The Morgan fingerprint density at radius 3 is 3.04 bits per heavy atom. The van der Waals surface area contributed by atoms with E-state index >= 15 is 0 Å². The summed E-state index contributed by atoms with van der Waals surface area (Å²) in [5.74, 6) is 0.959. The van der Waals surface area contributed by atoms with Crippen molar-refractivity contribution < 1.29 is 13.9 Å². The fraction of sp³-hybridized carbons (Fsp3) is 0.316. The molecule has 2 aromatic carbocycles. The van der Waals surface area contributed by atoms with Gasteiger partial charge >= 0.3 is 0 Å². The van der Waals surface area contributed by atoms with Gasteiger partial charge in [0.25, 0.3) is 0 Å². The molecule has 1 aliphatic rings. The topological polar surface area (TPSA) is 68.9 Å². The van der Waals surface area contributed by atoms with E-state index in [-0.39, 0.29) is 18.5 Å². The number of rotatable bonds is 5. The number of nitrogens with one attached hydrogen (secondary N) is 1. The minimum Gasteiger partial charge on any atom is -0.493 e. The van der Waals surface area contributed by atoms with E-state index in [9.17, 15) is 4.39 Å². The Bertz CT molecular complexity index is 764. The van der Waals surface area contributed by atoms with Crippen molar-refractivity contribution in [2.75, 3.05) is 13.7 Å². The molecule has 132 valence electrons. The molecule has 0 spiro atoms. The summed E-state index contributed by atoms with van der Waals surface area (Å²) in [5, 5.41) is 3.25. The second-order valence-corrected chi connectivity index (χ2v) is 5.93. The van der Waals surface area contributed by atoms with Crippen LogP contribution in [0.1, 0.15) is 29.2 Å². The molecule has 0 bridgehead atoms. The van der Waals surface area contributed by atoms with E-state index in [1.807, 2.05) is 24.3 Å². The van der Waals surface area contributed by atoms with Crippen LogP contribution in [-0.2, 0) is 17.9 Å². The van der Waals surface area contributed by atoms with Gasteiger partial charge in [-0.3, -0.25) is 0 Å². The number of methoxy groups -OCH3 is 1. The highest BCUT2D eigenvalue weighted by molar-refractivity contribution is 5.78. The van der Waals surface area contributed by atoms with Crippen molar-refractivity contribution in [3.05, 3.63) is 65.0 Å². The zero-order chi connectivity index (χ0) is 17.6. The highest BCUT2D eigenvalue weighted by Gasteiger charge is 2.21. The van der Waals surface area contributed by atoms with Crippen LogP contribution in [0.5, 0.6) is 5.75 Å². The normalized spacial score (nSPS) is 16.9. The van der Waals surface area contributed by atoms with E-state index in [0.29, 0.717) is 24.7 Å². The second-order valence-electron chi connectivity index (χ2n) is 5.93. The fourth-order valence-corrected chi connectivity index (χ4v) is 2.89. The molecule has 0 saturated carbocycles. The molecule has 0 aromatic heterocycles. The number of hydrogen-bond acceptors (Lipinski definition) is 3. The second kappa shape index (κ2) is 7.98. The molecule has 2 aromatic rings. The van der Waals surface area contributed by atoms with Gasteiger partial charge in [-0.2, -0.15) is 0 Å². The number of nitrogens with two attached hydrogens (primary N) is 1. The summed E-state index contributed by atoms with van der Waals surface area (Å²) < 4.78 is 24.3. The van der Waals surface area contributed by atoms with Crippen LogP contribution in [0.25, 0.3) is 0 Å². The molecule has 1 heterocycles. The molecule has 25 heavy (non-hydrogen) atoms. The van der Waals surface area contributed by atoms with Gasteiger partial charge in [-0.1, -0.05) is 24.3 Å². The van der Waals surface area contributed by atoms with Crippen LogP contribution in [0.2, 0.25) is 0 Å². The standard InChI is InChI=1S/C19H22FN3O2/c1-24-12-14-10-13(6-7-16(14)20)11-22-19(21)23-17-8-9-25-18-5-3-2-4-15(17)18/h2-7,10,17H,8-9,11-12H2,1H3,(H3,21,22,23). The third-order valence-electron chi connectivity index (χ3n) is 4.12. The lowest BCUT2D eigenvalue weighted by Gasteiger charge is -2.26. The molecule has 5 nitrogen and oxygen atoms in total. The molecule has 0 fully saturated rings. The third-order valence-corrected chi connectivity index (χ3v) is 4.12. The van der Waals surface area contributed by atoms with Gasteiger partial charge in [0.15, 0.2) is 5.96 Å². The van der Waals surface area contributed by atoms with Crippen LogP contribution in [0.3, 0.4) is 0 Å². The van der Waals surface area contributed by atoms with Crippen LogP contribution in [0.15, 0.2) is 47.5 Å². The number of halogens is 1. The Hall–Kier alpha value is -2.60. The molecule has 1 unspecified atom stereocenters. The first-order chi connectivity index (χ1) is 12.2. The van der Waals surface area contributed by atoms with E-state index in [0.717, 1.165) is 23.3 Å². The summed E-state index contributed by atoms with van der Waals surface area (Å²) in [7, 11) is 1.54. The lowest BCUT2D eigenvalue weighted by molar-refractivity contribution is 0.181. The summed E-state index contributed by atoms with van der Waals surface area (Å²) in [6.07, 6.45) is 0.821. The minimum atomic E-state index is -0.278. The average molecular weight is 343 g/mol. The van der Waals surface area contributed by atoms with Crippen LogP contribution in [-0.4, -0.2) is 19.7 Å². The number of benzene rings is 2. The van der Waals surface area contributed by atoms with Crippen LogP contribution in [0.4, 0.5) is 4.39 Å². The molecule has 0 amide bonds. The fourth-order valence-electron chi connectivity index (χ4n) is 2.89. The maximum absolute atomic E-state index is 13.6. The molecule has 1 atom stereocenters. The Kier molecular flexibility index (Phi) is 5.50. The van der Waals surface area contributed by atoms with Gasteiger partial charge in [0, 0.05) is 24.7 Å². The predicted octanol–water partition coefficient (Wildman–Crippen LogP) is 2.90. The van der Waals surface area contributed by atoms with Crippen molar-refractivity contribution in [3.8, 4) is 5.75 Å². The van der Waals surface area contributed by atoms with E-state index in [1.165, 1.54) is 13.2 Å². The Morgan fingerprint density at radius 1 is 1.36 bits per heavy atom. The Morgan fingerprint density at radius 2 is 2.20 bits per heavy atom. The molecule has 0 saturated heterocycles. The van der Waals surface area contributed by atoms with Gasteiger partial charge in [0.05, 0.1) is 25.8 Å². The van der Waals surface area contributed by atoms with Gasteiger partial charge in [0.1, 0.15) is 11.6 Å². The van der Waals surface area contributed by atoms with Crippen molar-refractivity contribution in [1.29, 1.82) is 0 Å². The van der Waals surface area contributed by atoms with Crippen LogP contribution in [0, 0.1) is 5.82 Å². The largest absolute Gasteiger partial charge is 0.493 e. The zero-order valence-electron chi connectivity index (χ0n) is 14.2. The van der Waals surface area contributed by atoms with Gasteiger partial charge in [-0.25, -0.2) is 9.38 Å².